The smallest absolute Gasteiger partial charge is 0.352 e. The maximum Gasteiger partial charge on any atom is 0.415 e. The zero-order valence-electron chi connectivity index (χ0n) is 14.4. The van der Waals surface area contributed by atoms with Gasteiger partial charge in [0.2, 0.25) is 11.5 Å². The van der Waals surface area contributed by atoms with Gasteiger partial charge in [-0.15, -0.1) is 0 Å². The van der Waals surface area contributed by atoms with Crippen molar-refractivity contribution < 1.29 is 22.9 Å². The molecular formula is C17H18F3N6O+. The molecule has 0 unspecified atom stereocenters. The molecule has 1 aromatic carbocycles. The first-order valence-electron chi connectivity index (χ1n) is 8.22. The van der Waals surface area contributed by atoms with Gasteiger partial charge in [0.05, 0.1) is 11.1 Å². The zero-order chi connectivity index (χ0) is 19.4. The van der Waals surface area contributed by atoms with E-state index in [1.165, 1.54) is 0 Å². The van der Waals surface area contributed by atoms with Gasteiger partial charge in [-0.1, -0.05) is 4.98 Å². The number of carbonyl (C=O) groups is 1. The molecule has 0 radical (unpaired) electrons. The molecule has 0 spiro atoms. The summed E-state index contributed by atoms with van der Waals surface area (Å²) in [5, 5.41) is 8.54. The first-order chi connectivity index (χ1) is 12.9. The van der Waals surface area contributed by atoms with E-state index < -0.39 is 12.7 Å². The average Bonchev–Trinajstić information content (AvgIpc) is 3.08. The summed E-state index contributed by atoms with van der Waals surface area (Å²) < 4.78 is 37.6. The molecule has 3 rings (SSSR count). The molecule has 142 valence electrons. The summed E-state index contributed by atoms with van der Waals surface area (Å²) in [6.07, 6.45) is -2.75. The Labute approximate surface area is 152 Å². The minimum atomic E-state index is -4.35. The number of benzene rings is 1. The van der Waals surface area contributed by atoms with Crippen LogP contribution in [0, 0.1) is 0 Å². The van der Waals surface area contributed by atoms with E-state index in [1.54, 1.807) is 36.5 Å². The molecule has 0 saturated heterocycles. The van der Waals surface area contributed by atoms with Gasteiger partial charge < -0.3 is 15.6 Å². The number of anilines is 3. The van der Waals surface area contributed by atoms with E-state index >= 15 is 0 Å². The normalized spacial score (nSPS) is 11.4. The molecule has 0 fully saturated rings. The van der Waals surface area contributed by atoms with E-state index in [0.717, 1.165) is 0 Å². The highest BCUT2D eigenvalue weighted by Crippen LogP contribution is 2.22. The van der Waals surface area contributed by atoms with Crippen LogP contribution in [0.4, 0.5) is 30.6 Å². The van der Waals surface area contributed by atoms with Gasteiger partial charge in [0.15, 0.2) is 0 Å². The Bertz CT molecular complexity index is 936. The molecule has 0 bridgehead atoms. The molecule has 2 aromatic heterocycles. The first-order valence-corrected chi connectivity index (χ1v) is 8.22. The summed E-state index contributed by atoms with van der Waals surface area (Å²) in [4.78, 5) is 21.8. The predicted molar refractivity (Wildman–Crippen MR) is 94.9 cm³/mol. The van der Waals surface area contributed by atoms with Gasteiger partial charge in [-0.3, -0.25) is 10.1 Å². The number of nitrogens with one attached hydrogen (secondary N) is 5. The number of H-pyrrole nitrogens is 2. The molecule has 1 amide bonds. The van der Waals surface area contributed by atoms with Crippen LogP contribution in [0.15, 0.2) is 36.5 Å². The number of aromatic nitrogens is 3. The number of aromatic amines is 2. The van der Waals surface area contributed by atoms with E-state index in [1.807, 2.05) is 6.92 Å². The fraction of sp³-hybridized carbons (Fsp3) is 0.235. The third-order valence-corrected chi connectivity index (χ3v) is 3.67. The molecule has 5 N–H and O–H groups in total. The second kappa shape index (κ2) is 7.52. The zero-order valence-corrected chi connectivity index (χ0v) is 14.4. The summed E-state index contributed by atoms with van der Waals surface area (Å²) in [7, 11) is 0. The Kier molecular flexibility index (Phi) is 5.15. The fourth-order valence-corrected chi connectivity index (χ4v) is 2.47. The van der Waals surface area contributed by atoms with Crippen molar-refractivity contribution in [2.75, 3.05) is 23.7 Å². The summed E-state index contributed by atoms with van der Waals surface area (Å²) in [6, 6.07) is 8.28. The van der Waals surface area contributed by atoms with Crippen molar-refractivity contribution in [1.29, 1.82) is 0 Å². The molecular weight excluding hydrogens is 361 g/mol. The SMILES string of the molecule is CCNC(=O)c1ccc(Nc2nc3[nH]ccc3c(NCC(F)(F)F)[nH+]2)cc1. The van der Waals surface area contributed by atoms with Crippen molar-refractivity contribution in [3.63, 3.8) is 0 Å². The van der Waals surface area contributed by atoms with Gasteiger partial charge in [-0.05, 0) is 37.3 Å². The lowest BCUT2D eigenvalue weighted by Crippen LogP contribution is -2.26. The van der Waals surface area contributed by atoms with Crippen LogP contribution in [-0.4, -0.2) is 35.1 Å². The van der Waals surface area contributed by atoms with Crippen LogP contribution in [0.2, 0.25) is 0 Å². The lowest BCUT2D eigenvalue weighted by Gasteiger charge is -2.08. The van der Waals surface area contributed by atoms with Crippen molar-refractivity contribution in [1.82, 2.24) is 15.3 Å². The summed E-state index contributed by atoms with van der Waals surface area (Å²) >= 11 is 0. The summed E-state index contributed by atoms with van der Waals surface area (Å²) in [5.74, 6) is 0.264. The predicted octanol–water partition coefficient (Wildman–Crippen LogP) is 2.84. The molecule has 0 aliphatic rings. The molecule has 0 aliphatic carbocycles. The molecule has 2 heterocycles. The van der Waals surface area contributed by atoms with Gasteiger partial charge >= 0.3 is 12.1 Å². The maximum absolute atomic E-state index is 12.5. The number of alkyl halides is 3. The van der Waals surface area contributed by atoms with E-state index in [-0.39, 0.29) is 17.7 Å². The van der Waals surface area contributed by atoms with Gasteiger partial charge in [-0.25, -0.2) is 4.98 Å². The third-order valence-electron chi connectivity index (χ3n) is 3.67. The number of fused-ring (bicyclic) bond motifs is 1. The number of amides is 1. The number of carbonyl (C=O) groups excluding carboxylic acids is 1. The number of hydrogen-bond donors (Lipinski definition) is 4. The van der Waals surface area contributed by atoms with E-state index in [0.29, 0.717) is 28.8 Å². The van der Waals surface area contributed by atoms with Crippen LogP contribution in [0.5, 0.6) is 0 Å². The molecule has 0 atom stereocenters. The van der Waals surface area contributed by atoms with Crippen LogP contribution >= 0.6 is 0 Å². The number of hydrogen-bond acceptors (Lipinski definition) is 4. The minimum Gasteiger partial charge on any atom is -0.352 e. The molecule has 27 heavy (non-hydrogen) atoms. The maximum atomic E-state index is 12.5. The fourth-order valence-electron chi connectivity index (χ4n) is 2.47. The second-order valence-corrected chi connectivity index (χ2v) is 5.73. The Morgan fingerprint density at radius 3 is 2.63 bits per heavy atom. The first kappa shape index (κ1) is 18.5. The molecule has 7 nitrogen and oxygen atoms in total. The third kappa shape index (κ3) is 4.66. The van der Waals surface area contributed by atoms with Crippen molar-refractivity contribution in [3.8, 4) is 0 Å². The van der Waals surface area contributed by atoms with Gasteiger partial charge in [0, 0.05) is 18.3 Å². The highest BCUT2D eigenvalue weighted by molar-refractivity contribution is 5.94. The number of halogens is 3. The quantitative estimate of drug-likeness (QED) is 0.530. The van der Waals surface area contributed by atoms with Crippen LogP contribution in [0.3, 0.4) is 0 Å². The van der Waals surface area contributed by atoms with Crippen molar-refractivity contribution >= 4 is 34.4 Å². The van der Waals surface area contributed by atoms with Crippen LogP contribution in [0.25, 0.3) is 11.0 Å². The van der Waals surface area contributed by atoms with Crippen LogP contribution in [0.1, 0.15) is 17.3 Å². The van der Waals surface area contributed by atoms with E-state index in [4.69, 9.17) is 0 Å². The van der Waals surface area contributed by atoms with Gasteiger partial charge in [0.1, 0.15) is 6.54 Å². The summed E-state index contributed by atoms with van der Waals surface area (Å²) in [5.41, 5.74) is 1.56. The van der Waals surface area contributed by atoms with E-state index in [2.05, 4.69) is 30.9 Å². The Morgan fingerprint density at radius 1 is 1.22 bits per heavy atom. The largest absolute Gasteiger partial charge is 0.415 e. The van der Waals surface area contributed by atoms with Gasteiger partial charge in [0.25, 0.3) is 5.91 Å². The number of nitrogens with zero attached hydrogens (tertiary/aromatic N) is 1. The topological polar surface area (TPSA) is 96.0 Å². The minimum absolute atomic E-state index is 0.180. The lowest BCUT2D eigenvalue weighted by molar-refractivity contribution is -0.346. The monoisotopic (exact) mass is 379 g/mol. The lowest BCUT2D eigenvalue weighted by atomic mass is 10.2. The van der Waals surface area contributed by atoms with Crippen molar-refractivity contribution in [2.45, 2.75) is 13.1 Å². The highest BCUT2D eigenvalue weighted by Gasteiger charge is 2.29. The standard InChI is InChI=1S/C17H17F3N6O/c1-2-21-15(27)10-3-5-11(6-4-10)24-16-25-13-12(7-8-22-13)14(26-16)23-9-17(18,19)20/h3-8H,2,9H2,1H3,(H,21,27)(H3,22,23,24,25,26)/p+1. The van der Waals surface area contributed by atoms with E-state index in [9.17, 15) is 18.0 Å². The average molecular weight is 379 g/mol. The van der Waals surface area contributed by atoms with Crippen molar-refractivity contribution in [2.24, 2.45) is 0 Å². The second-order valence-electron chi connectivity index (χ2n) is 5.73. The Morgan fingerprint density at radius 2 is 1.96 bits per heavy atom. The molecule has 0 saturated carbocycles. The molecule has 3 aromatic rings. The van der Waals surface area contributed by atoms with Gasteiger partial charge in [-0.2, -0.15) is 13.2 Å². The van der Waals surface area contributed by atoms with Crippen LogP contribution < -0.4 is 20.9 Å². The molecule has 0 aliphatic heterocycles. The van der Waals surface area contributed by atoms with Crippen molar-refractivity contribution in [3.05, 3.63) is 42.1 Å². The summed E-state index contributed by atoms with van der Waals surface area (Å²) in [6.45, 7) is 1.19. The highest BCUT2D eigenvalue weighted by atomic mass is 19.4. The van der Waals surface area contributed by atoms with Crippen LogP contribution in [-0.2, 0) is 0 Å². The molecule has 10 heteroatoms. The Balaban J connectivity index is 1.81. The Hall–Kier alpha value is -3.30. The number of rotatable bonds is 6.